The van der Waals surface area contributed by atoms with Gasteiger partial charge in [0.1, 0.15) is 5.75 Å². The van der Waals surface area contributed by atoms with E-state index in [0.717, 1.165) is 53.0 Å². The minimum absolute atomic E-state index is 0.123. The van der Waals surface area contributed by atoms with Gasteiger partial charge in [0, 0.05) is 61.5 Å². The molecule has 4 heterocycles. The molecular weight excluding hydrogens is 747 g/mol. The number of unbranched alkanes of at least 4 members (excludes halogenated alkanes) is 2. The highest BCUT2D eigenvalue weighted by atomic mass is 16.5. The Balaban J connectivity index is 0.841. The van der Waals surface area contributed by atoms with Gasteiger partial charge >= 0.3 is 0 Å². The van der Waals surface area contributed by atoms with Crippen LogP contribution in [0.3, 0.4) is 0 Å². The van der Waals surface area contributed by atoms with Crippen LogP contribution in [-0.4, -0.2) is 86.7 Å². The number of aliphatic imine (C=N–C) groups is 2. The number of carbonyl (C=O) groups is 2. The second-order valence-corrected chi connectivity index (χ2v) is 15.2. The van der Waals surface area contributed by atoms with E-state index in [9.17, 15) is 9.59 Å². The Morgan fingerprint density at radius 2 is 1.10 bits per heavy atom. The molecule has 8 rings (SSSR count). The molecule has 0 aromatic heterocycles. The van der Waals surface area contributed by atoms with Crippen molar-refractivity contribution in [1.82, 2.24) is 9.80 Å². The maximum atomic E-state index is 13.8. The van der Waals surface area contributed by atoms with Crippen molar-refractivity contribution in [1.29, 1.82) is 0 Å². The first kappa shape index (κ1) is 39.3. The van der Waals surface area contributed by atoms with Gasteiger partial charge in [-0.15, -0.1) is 0 Å². The highest BCUT2D eigenvalue weighted by molar-refractivity contribution is 6.06. The fraction of sp³-hybridized carbons (Fsp3) is 0.319. The third-order valence-corrected chi connectivity index (χ3v) is 10.9. The Labute approximate surface area is 344 Å². The molecule has 0 spiro atoms. The standard InChI is InChI=1S/C47H49N5O7/c1-29(2)50-34-13-9-30(10-14-34)32-19-35-25-48-40-23-44(42(56-4)21-38(40)46(53)51(35)27-32)58-17-7-6-8-18-59-45-24-41-39(22-43(45)57-5)47(54)52-28-33(20-36(52)26-49-41)31-11-15-37(55-3)16-12-31/h9-16,21-29,35-36,50H,6-8,17-20H2,1-5H3. The van der Waals surface area contributed by atoms with Crippen LogP contribution in [0, 0.1) is 0 Å². The van der Waals surface area contributed by atoms with Crippen LogP contribution in [0.25, 0.3) is 11.1 Å². The molecule has 12 heteroatoms. The van der Waals surface area contributed by atoms with Crippen molar-refractivity contribution in [2.45, 2.75) is 64.1 Å². The van der Waals surface area contributed by atoms with Gasteiger partial charge in [0.2, 0.25) is 0 Å². The first-order valence-electron chi connectivity index (χ1n) is 20.1. The van der Waals surface area contributed by atoms with Gasteiger partial charge in [-0.2, -0.15) is 0 Å². The lowest BCUT2D eigenvalue weighted by atomic mass is 10.0. The molecule has 0 saturated heterocycles. The molecule has 4 aliphatic heterocycles. The van der Waals surface area contributed by atoms with Crippen LogP contribution >= 0.6 is 0 Å². The van der Waals surface area contributed by atoms with E-state index in [1.165, 1.54) is 0 Å². The number of carbonyl (C=O) groups excluding carboxylic acids is 2. The molecule has 12 nitrogen and oxygen atoms in total. The first-order chi connectivity index (χ1) is 28.7. The predicted molar refractivity (Wildman–Crippen MR) is 230 cm³/mol. The van der Waals surface area contributed by atoms with E-state index in [0.29, 0.717) is 77.6 Å². The van der Waals surface area contributed by atoms with Crippen LogP contribution in [0.1, 0.15) is 77.8 Å². The number of nitrogens with zero attached hydrogens (tertiary/aromatic N) is 4. The molecule has 4 aromatic rings. The molecule has 2 atom stereocenters. The molecule has 4 aromatic carbocycles. The molecule has 0 aliphatic carbocycles. The van der Waals surface area contributed by atoms with Gasteiger partial charge in [-0.3, -0.25) is 19.6 Å². The molecule has 4 aliphatic rings. The largest absolute Gasteiger partial charge is 0.497 e. The summed E-state index contributed by atoms with van der Waals surface area (Å²) >= 11 is 0. The number of nitrogens with one attached hydrogen (secondary N) is 1. The SMILES string of the molecule is COc1ccc(C2=CN3C(=O)c4cc(OC)c(OCCCCCOc5cc6c(cc5OC)C(=O)N5C=C(c7ccc(NC(C)C)cc7)CC5C=N6)cc4N=CC3C2)cc1. The van der Waals surface area contributed by atoms with Crippen molar-refractivity contribution in [3.05, 3.63) is 107 Å². The smallest absolute Gasteiger partial charge is 0.260 e. The number of ether oxygens (including phenoxy) is 5. The highest BCUT2D eigenvalue weighted by Crippen LogP contribution is 2.42. The summed E-state index contributed by atoms with van der Waals surface area (Å²) in [6, 6.07) is 23.2. The minimum Gasteiger partial charge on any atom is -0.497 e. The summed E-state index contributed by atoms with van der Waals surface area (Å²) in [4.78, 5) is 40.5. The second-order valence-electron chi connectivity index (χ2n) is 15.2. The molecule has 1 N–H and O–H groups in total. The van der Waals surface area contributed by atoms with Crippen LogP contribution in [0.5, 0.6) is 28.7 Å². The van der Waals surface area contributed by atoms with Gasteiger partial charge in [-0.25, -0.2) is 0 Å². The summed E-state index contributed by atoms with van der Waals surface area (Å²) < 4.78 is 28.9. The number of methoxy groups -OCH3 is 3. The van der Waals surface area contributed by atoms with Gasteiger partial charge in [-0.1, -0.05) is 24.3 Å². The second kappa shape index (κ2) is 17.1. The zero-order valence-corrected chi connectivity index (χ0v) is 34.1. The Hall–Kier alpha value is -6.56. The van der Waals surface area contributed by atoms with Crippen LogP contribution in [0.4, 0.5) is 17.1 Å². The van der Waals surface area contributed by atoms with E-state index in [2.05, 4.69) is 43.4 Å². The summed E-state index contributed by atoms with van der Waals surface area (Å²) in [5.41, 5.74) is 7.39. The summed E-state index contributed by atoms with van der Waals surface area (Å²) in [5.74, 6) is 2.56. The summed E-state index contributed by atoms with van der Waals surface area (Å²) in [7, 11) is 4.78. The maximum Gasteiger partial charge on any atom is 0.260 e. The lowest BCUT2D eigenvalue weighted by molar-refractivity contribution is 0.0809. The fourth-order valence-corrected chi connectivity index (χ4v) is 7.81. The number of hydrogen-bond acceptors (Lipinski definition) is 10. The van der Waals surface area contributed by atoms with E-state index in [4.69, 9.17) is 33.7 Å². The molecule has 0 saturated carbocycles. The normalized spacial score (nSPS) is 17.7. The number of rotatable bonds is 15. The topological polar surface area (TPSA) is 124 Å². The average molecular weight is 796 g/mol. The number of anilines is 1. The van der Waals surface area contributed by atoms with Crippen molar-refractivity contribution in [2.24, 2.45) is 9.98 Å². The van der Waals surface area contributed by atoms with Crippen LogP contribution < -0.4 is 29.0 Å². The molecule has 304 valence electrons. The van der Waals surface area contributed by atoms with Gasteiger partial charge < -0.3 is 38.8 Å². The molecular formula is C47H49N5O7. The molecule has 2 unspecified atom stereocenters. The summed E-state index contributed by atoms with van der Waals surface area (Å²) in [6.45, 7) is 5.12. The van der Waals surface area contributed by atoms with Crippen LogP contribution in [0.2, 0.25) is 0 Å². The zero-order valence-electron chi connectivity index (χ0n) is 34.1. The quantitative estimate of drug-likeness (QED) is 0.118. The Bertz CT molecular complexity index is 2350. The van der Waals surface area contributed by atoms with Crippen LogP contribution in [-0.2, 0) is 0 Å². The molecule has 2 amide bonds. The first-order valence-corrected chi connectivity index (χ1v) is 20.1. The van der Waals surface area contributed by atoms with Crippen molar-refractivity contribution in [3.8, 4) is 28.7 Å². The minimum atomic E-state index is -0.184. The molecule has 0 bridgehead atoms. The van der Waals surface area contributed by atoms with E-state index >= 15 is 0 Å². The van der Waals surface area contributed by atoms with E-state index in [1.807, 2.05) is 49.1 Å². The third kappa shape index (κ3) is 8.25. The third-order valence-electron chi connectivity index (χ3n) is 10.9. The number of amides is 2. The highest BCUT2D eigenvalue weighted by Gasteiger charge is 2.35. The van der Waals surface area contributed by atoms with Crippen molar-refractivity contribution in [3.63, 3.8) is 0 Å². The van der Waals surface area contributed by atoms with E-state index in [-0.39, 0.29) is 23.9 Å². The number of hydrogen-bond donors (Lipinski definition) is 1. The predicted octanol–water partition coefficient (Wildman–Crippen LogP) is 9.10. The van der Waals surface area contributed by atoms with Crippen molar-refractivity contribution in [2.75, 3.05) is 39.9 Å². The molecule has 59 heavy (non-hydrogen) atoms. The van der Waals surface area contributed by atoms with Gasteiger partial charge in [-0.05, 0) is 91.8 Å². The lowest BCUT2D eigenvalue weighted by Gasteiger charge is -2.19. The number of fused-ring (bicyclic) bond motifs is 4. The van der Waals surface area contributed by atoms with Crippen molar-refractivity contribution >= 4 is 52.5 Å². The van der Waals surface area contributed by atoms with E-state index < -0.39 is 0 Å². The zero-order chi connectivity index (χ0) is 41.0. The van der Waals surface area contributed by atoms with Crippen LogP contribution in [0.15, 0.2) is 95.2 Å². The Morgan fingerprint density at radius 3 is 1.54 bits per heavy atom. The number of benzene rings is 4. The Kier molecular flexibility index (Phi) is 11.4. The van der Waals surface area contributed by atoms with Gasteiger partial charge in [0.05, 0.1) is 69.1 Å². The molecule has 0 radical (unpaired) electrons. The lowest BCUT2D eigenvalue weighted by Crippen LogP contribution is -2.32. The van der Waals surface area contributed by atoms with Gasteiger partial charge in [0.25, 0.3) is 11.8 Å². The Morgan fingerprint density at radius 1 is 0.627 bits per heavy atom. The monoisotopic (exact) mass is 795 g/mol. The van der Waals surface area contributed by atoms with Gasteiger partial charge in [0.15, 0.2) is 23.0 Å². The van der Waals surface area contributed by atoms with Crippen molar-refractivity contribution < 1.29 is 33.3 Å². The molecule has 0 fully saturated rings. The fourth-order valence-electron chi connectivity index (χ4n) is 7.81. The average Bonchev–Trinajstić information content (AvgIpc) is 3.83. The summed E-state index contributed by atoms with van der Waals surface area (Å²) in [5, 5.41) is 3.42. The summed E-state index contributed by atoms with van der Waals surface area (Å²) in [6.07, 6.45) is 11.3. The maximum absolute atomic E-state index is 13.8. The van der Waals surface area contributed by atoms with E-state index in [1.54, 1.807) is 55.4 Å².